The molecule has 0 amide bonds. The van der Waals surface area contributed by atoms with E-state index in [1.54, 1.807) is 12.3 Å². The maximum Gasteiger partial charge on any atom is 0.128 e. The summed E-state index contributed by atoms with van der Waals surface area (Å²) in [6.07, 6.45) is 1.77. The van der Waals surface area contributed by atoms with Gasteiger partial charge in [-0.2, -0.15) is 0 Å². The molecule has 0 aliphatic carbocycles. The fourth-order valence-corrected chi connectivity index (χ4v) is 2.87. The lowest BCUT2D eigenvalue weighted by atomic mass is 9.87. The third kappa shape index (κ3) is 2.12. The highest BCUT2D eigenvalue weighted by molar-refractivity contribution is 5.82. The van der Waals surface area contributed by atoms with Crippen molar-refractivity contribution in [2.24, 2.45) is 0 Å². The summed E-state index contributed by atoms with van der Waals surface area (Å²) in [5.74, 6) is -0.211. The number of aromatic nitrogens is 1. The Bertz CT molecular complexity index is 830. The van der Waals surface area contributed by atoms with E-state index in [1.165, 1.54) is 6.07 Å². The summed E-state index contributed by atoms with van der Waals surface area (Å²) < 4.78 is 19.5. The molecule has 0 bridgehead atoms. The minimum Gasteiger partial charge on any atom is -0.376 e. The van der Waals surface area contributed by atoms with Crippen LogP contribution in [0, 0.1) is 5.82 Å². The van der Waals surface area contributed by atoms with Crippen molar-refractivity contribution < 1.29 is 9.13 Å². The normalized spacial score (nSPS) is 16.2. The maximum absolute atomic E-state index is 14.2. The van der Waals surface area contributed by atoms with Crippen LogP contribution in [-0.4, -0.2) is 18.2 Å². The van der Waals surface area contributed by atoms with E-state index in [1.807, 2.05) is 42.5 Å². The summed E-state index contributed by atoms with van der Waals surface area (Å²) in [5, 5.41) is 4.52. The average molecular weight is 294 g/mol. The predicted molar refractivity (Wildman–Crippen MR) is 84.3 cm³/mol. The highest BCUT2D eigenvalue weighted by Crippen LogP contribution is 2.35. The second kappa shape index (κ2) is 5.07. The maximum atomic E-state index is 14.2. The van der Waals surface area contributed by atoms with E-state index in [0.717, 1.165) is 16.6 Å². The van der Waals surface area contributed by atoms with E-state index >= 15 is 0 Å². The van der Waals surface area contributed by atoms with Crippen molar-refractivity contribution in [3.05, 3.63) is 72.2 Å². The number of nitrogens with zero attached hydrogens (tertiary/aromatic N) is 1. The standard InChI is InChI=1S/C18H15FN2O/c19-16-6-2-1-5-15(16)18(11-22-12-18)21-14-8-7-13-4-3-9-20-17(13)10-14/h1-10,21H,11-12H2. The monoisotopic (exact) mass is 294 g/mol. The van der Waals surface area contributed by atoms with Crippen molar-refractivity contribution in [2.45, 2.75) is 5.54 Å². The number of hydrogen-bond acceptors (Lipinski definition) is 3. The Morgan fingerprint density at radius 2 is 1.91 bits per heavy atom. The van der Waals surface area contributed by atoms with Gasteiger partial charge in [0.1, 0.15) is 11.4 Å². The van der Waals surface area contributed by atoms with Crippen LogP contribution in [-0.2, 0) is 10.3 Å². The highest BCUT2D eigenvalue weighted by atomic mass is 19.1. The van der Waals surface area contributed by atoms with Crippen LogP contribution < -0.4 is 5.32 Å². The molecule has 0 radical (unpaired) electrons. The van der Waals surface area contributed by atoms with Gasteiger partial charge in [0.15, 0.2) is 0 Å². The zero-order chi connectivity index (χ0) is 15.0. The quantitative estimate of drug-likeness (QED) is 0.799. The first-order valence-corrected chi connectivity index (χ1v) is 7.23. The van der Waals surface area contributed by atoms with Crippen LogP contribution in [0.2, 0.25) is 0 Å². The van der Waals surface area contributed by atoms with Gasteiger partial charge in [0.25, 0.3) is 0 Å². The number of anilines is 1. The van der Waals surface area contributed by atoms with Gasteiger partial charge in [-0.05, 0) is 24.3 Å². The lowest BCUT2D eigenvalue weighted by Gasteiger charge is -2.43. The van der Waals surface area contributed by atoms with Gasteiger partial charge in [0.2, 0.25) is 0 Å². The summed E-state index contributed by atoms with van der Waals surface area (Å²) in [5.41, 5.74) is 1.96. The molecule has 4 rings (SSSR count). The Labute approximate surface area is 127 Å². The van der Waals surface area contributed by atoms with Crippen molar-refractivity contribution in [1.82, 2.24) is 4.98 Å². The second-order valence-electron chi connectivity index (χ2n) is 5.59. The van der Waals surface area contributed by atoms with Crippen LogP contribution in [0.4, 0.5) is 10.1 Å². The van der Waals surface area contributed by atoms with Gasteiger partial charge >= 0.3 is 0 Å². The van der Waals surface area contributed by atoms with Crippen LogP contribution in [0.1, 0.15) is 5.56 Å². The molecule has 2 aromatic carbocycles. The van der Waals surface area contributed by atoms with Crippen molar-refractivity contribution >= 4 is 16.6 Å². The molecule has 1 aromatic heterocycles. The number of rotatable bonds is 3. The van der Waals surface area contributed by atoms with E-state index in [0.29, 0.717) is 18.8 Å². The van der Waals surface area contributed by atoms with Crippen LogP contribution in [0.5, 0.6) is 0 Å². The summed E-state index contributed by atoms with van der Waals surface area (Å²) in [6.45, 7) is 0.905. The smallest absolute Gasteiger partial charge is 0.128 e. The Morgan fingerprint density at radius 1 is 1.05 bits per heavy atom. The van der Waals surface area contributed by atoms with Gasteiger partial charge in [-0.3, -0.25) is 4.98 Å². The van der Waals surface area contributed by atoms with Gasteiger partial charge in [-0.15, -0.1) is 0 Å². The van der Waals surface area contributed by atoms with E-state index in [9.17, 15) is 4.39 Å². The van der Waals surface area contributed by atoms with Gasteiger partial charge in [0.05, 0.1) is 18.7 Å². The summed E-state index contributed by atoms with van der Waals surface area (Å²) in [6, 6.07) is 16.8. The van der Waals surface area contributed by atoms with E-state index < -0.39 is 5.54 Å². The van der Waals surface area contributed by atoms with E-state index in [2.05, 4.69) is 10.3 Å². The van der Waals surface area contributed by atoms with E-state index in [-0.39, 0.29) is 5.82 Å². The minimum absolute atomic E-state index is 0.211. The molecule has 22 heavy (non-hydrogen) atoms. The van der Waals surface area contributed by atoms with Gasteiger partial charge in [0, 0.05) is 22.8 Å². The molecule has 1 aliphatic heterocycles. The van der Waals surface area contributed by atoms with Gasteiger partial charge < -0.3 is 10.1 Å². The first-order chi connectivity index (χ1) is 10.8. The number of halogens is 1. The molecule has 0 atom stereocenters. The molecule has 0 spiro atoms. The molecule has 0 saturated carbocycles. The molecule has 3 nitrogen and oxygen atoms in total. The number of benzene rings is 2. The third-order valence-electron chi connectivity index (χ3n) is 4.08. The number of pyridine rings is 1. The SMILES string of the molecule is Fc1ccccc1C1(Nc2ccc3cccnc3c2)COC1. The Kier molecular flexibility index (Phi) is 3.05. The average Bonchev–Trinajstić information content (AvgIpc) is 2.52. The Morgan fingerprint density at radius 3 is 2.68 bits per heavy atom. The zero-order valence-corrected chi connectivity index (χ0v) is 11.9. The highest BCUT2D eigenvalue weighted by Gasteiger charge is 2.42. The first kappa shape index (κ1) is 13.2. The van der Waals surface area contributed by atoms with Crippen molar-refractivity contribution in [3.63, 3.8) is 0 Å². The first-order valence-electron chi connectivity index (χ1n) is 7.23. The van der Waals surface area contributed by atoms with Crippen molar-refractivity contribution in [2.75, 3.05) is 18.5 Å². The number of ether oxygens (including phenoxy) is 1. The van der Waals surface area contributed by atoms with Crippen molar-refractivity contribution in [1.29, 1.82) is 0 Å². The number of fused-ring (bicyclic) bond motifs is 1. The summed E-state index contributed by atoms with van der Waals surface area (Å²) in [4.78, 5) is 4.36. The molecule has 4 heteroatoms. The molecule has 110 valence electrons. The summed E-state index contributed by atoms with van der Waals surface area (Å²) in [7, 11) is 0. The second-order valence-corrected chi connectivity index (χ2v) is 5.59. The molecule has 1 saturated heterocycles. The molecule has 1 N–H and O–H groups in total. The van der Waals surface area contributed by atoms with Gasteiger partial charge in [-0.25, -0.2) is 4.39 Å². The fourth-order valence-electron chi connectivity index (χ4n) is 2.87. The fraction of sp³-hybridized carbons (Fsp3) is 0.167. The van der Waals surface area contributed by atoms with Crippen LogP contribution >= 0.6 is 0 Å². The van der Waals surface area contributed by atoms with E-state index in [4.69, 9.17) is 4.74 Å². The van der Waals surface area contributed by atoms with Gasteiger partial charge in [-0.1, -0.05) is 30.3 Å². The predicted octanol–water partition coefficient (Wildman–Crippen LogP) is 3.71. The zero-order valence-electron chi connectivity index (χ0n) is 11.9. The minimum atomic E-state index is -0.506. The Hall–Kier alpha value is -2.46. The summed E-state index contributed by atoms with van der Waals surface area (Å²) >= 11 is 0. The Balaban J connectivity index is 1.72. The molecule has 1 aliphatic rings. The van der Waals surface area contributed by atoms with Crippen molar-refractivity contribution in [3.8, 4) is 0 Å². The lowest BCUT2D eigenvalue weighted by Crippen LogP contribution is -2.53. The topological polar surface area (TPSA) is 34.2 Å². The molecule has 1 fully saturated rings. The molecular formula is C18H15FN2O. The number of nitrogens with one attached hydrogen (secondary N) is 1. The van der Waals surface area contributed by atoms with Crippen LogP contribution in [0.15, 0.2) is 60.8 Å². The molecular weight excluding hydrogens is 279 g/mol. The molecule has 2 heterocycles. The lowest BCUT2D eigenvalue weighted by molar-refractivity contribution is -0.0462. The molecule has 3 aromatic rings. The van der Waals surface area contributed by atoms with Crippen LogP contribution in [0.25, 0.3) is 10.9 Å². The largest absolute Gasteiger partial charge is 0.376 e. The third-order valence-corrected chi connectivity index (χ3v) is 4.08. The molecule has 0 unspecified atom stereocenters. The van der Waals surface area contributed by atoms with Crippen LogP contribution in [0.3, 0.4) is 0 Å². The number of hydrogen-bond donors (Lipinski definition) is 1.